The van der Waals surface area contributed by atoms with Crippen LogP contribution in [-0.4, -0.2) is 15.4 Å². The molecule has 3 nitrogen and oxygen atoms in total. The smallest absolute Gasteiger partial charge is 0.137 e. The molecule has 1 aliphatic carbocycles. The van der Waals surface area contributed by atoms with Gasteiger partial charge in [-0.15, -0.1) is 0 Å². The van der Waals surface area contributed by atoms with Gasteiger partial charge in [0, 0.05) is 25.0 Å². The molecule has 0 atom stereocenters. The number of nitrogens with zero attached hydrogens (tertiary/aromatic N) is 2. The van der Waals surface area contributed by atoms with E-state index in [4.69, 9.17) is 0 Å². The second-order valence-corrected chi connectivity index (χ2v) is 4.21. The van der Waals surface area contributed by atoms with Crippen molar-refractivity contribution in [1.82, 2.24) is 14.7 Å². The van der Waals surface area contributed by atoms with Gasteiger partial charge in [0.1, 0.15) is 5.65 Å². The zero-order valence-corrected chi connectivity index (χ0v) is 8.69. The van der Waals surface area contributed by atoms with Crippen LogP contribution in [0.3, 0.4) is 0 Å². The Hall–Kier alpha value is -1.35. The Bertz CT molecular complexity index is 424. The highest BCUT2D eigenvalue weighted by Crippen LogP contribution is 2.18. The summed E-state index contributed by atoms with van der Waals surface area (Å²) in [6.07, 6.45) is 8.17. The highest BCUT2D eigenvalue weighted by molar-refractivity contribution is 5.39. The SMILES string of the molecule is c1ccn2cc(CNC3CCC3)nc2c1. The van der Waals surface area contributed by atoms with Crippen LogP contribution >= 0.6 is 0 Å². The molecule has 0 amide bonds. The fourth-order valence-corrected chi connectivity index (χ4v) is 1.93. The van der Waals surface area contributed by atoms with Crippen molar-refractivity contribution in [1.29, 1.82) is 0 Å². The summed E-state index contributed by atoms with van der Waals surface area (Å²) in [7, 11) is 0. The van der Waals surface area contributed by atoms with Gasteiger partial charge < -0.3 is 9.72 Å². The lowest BCUT2D eigenvalue weighted by atomic mass is 9.93. The molecule has 3 heteroatoms. The number of pyridine rings is 1. The Morgan fingerprint density at radius 1 is 1.40 bits per heavy atom. The van der Waals surface area contributed by atoms with Crippen molar-refractivity contribution in [3.8, 4) is 0 Å². The first-order valence-corrected chi connectivity index (χ1v) is 5.58. The fourth-order valence-electron chi connectivity index (χ4n) is 1.93. The van der Waals surface area contributed by atoms with Gasteiger partial charge in [-0.2, -0.15) is 0 Å². The van der Waals surface area contributed by atoms with E-state index < -0.39 is 0 Å². The second kappa shape index (κ2) is 3.66. The highest BCUT2D eigenvalue weighted by atomic mass is 15.0. The molecule has 0 saturated heterocycles. The Morgan fingerprint density at radius 2 is 2.33 bits per heavy atom. The second-order valence-electron chi connectivity index (χ2n) is 4.21. The number of hydrogen-bond donors (Lipinski definition) is 1. The van der Waals surface area contributed by atoms with E-state index in [-0.39, 0.29) is 0 Å². The Balaban J connectivity index is 1.73. The normalized spacial score (nSPS) is 16.8. The summed E-state index contributed by atoms with van der Waals surface area (Å²) >= 11 is 0. The summed E-state index contributed by atoms with van der Waals surface area (Å²) in [5, 5.41) is 3.52. The zero-order chi connectivity index (χ0) is 10.1. The standard InChI is InChI=1S/C12H15N3/c1-2-7-15-9-11(14-12(15)6-1)8-13-10-4-3-5-10/h1-2,6-7,9-10,13H,3-5,8H2. The quantitative estimate of drug-likeness (QED) is 0.822. The Labute approximate surface area is 89.1 Å². The molecule has 78 valence electrons. The number of aromatic nitrogens is 2. The summed E-state index contributed by atoms with van der Waals surface area (Å²) in [4.78, 5) is 4.54. The number of nitrogens with one attached hydrogen (secondary N) is 1. The van der Waals surface area contributed by atoms with Gasteiger partial charge >= 0.3 is 0 Å². The van der Waals surface area contributed by atoms with Crippen molar-refractivity contribution in [2.24, 2.45) is 0 Å². The monoisotopic (exact) mass is 201 g/mol. The average Bonchev–Trinajstić information content (AvgIpc) is 2.57. The van der Waals surface area contributed by atoms with E-state index in [0.29, 0.717) is 0 Å². The van der Waals surface area contributed by atoms with Gasteiger partial charge in [0.25, 0.3) is 0 Å². The Kier molecular flexibility index (Phi) is 2.18. The van der Waals surface area contributed by atoms with Crippen LogP contribution in [0.4, 0.5) is 0 Å². The molecule has 0 bridgehead atoms. The van der Waals surface area contributed by atoms with Gasteiger partial charge in [0.05, 0.1) is 5.69 Å². The molecule has 0 aliphatic heterocycles. The minimum Gasteiger partial charge on any atom is -0.308 e. The maximum absolute atomic E-state index is 4.54. The largest absolute Gasteiger partial charge is 0.308 e. The summed E-state index contributed by atoms with van der Waals surface area (Å²) in [5.41, 5.74) is 2.16. The summed E-state index contributed by atoms with van der Waals surface area (Å²) in [6, 6.07) is 6.81. The van der Waals surface area contributed by atoms with Crippen molar-refractivity contribution < 1.29 is 0 Å². The van der Waals surface area contributed by atoms with Crippen molar-refractivity contribution in [2.45, 2.75) is 31.8 Å². The van der Waals surface area contributed by atoms with Crippen LogP contribution in [0.2, 0.25) is 0 Å². The molecule has 0 spiro atoms. The molecule has 1 saturated carbocycles. The van der Waals surface area contributed by atoms with Crippen LogP contribution in [0.5, 0.6) is 0 Å². The molecule has 0 unspecified atom stereocenters. The third-order valence-corrected chi connectivity index (χ3v) is 3.09. The minimum atomic E-state index is 0.731. The molecular weight excluding hydrogens is 186 g/mol. The highest BCUT2D eigenvalue weighted by Gasteiger charge is 2.16. The van der Waals surface area contributed by atoms with Gasteiger partial charge in [-0.3, -0.25) is 0 Å². The molecule has 2 aromatic rings. The van der Waals surface area contributed by atoms with Crippen LogP contribution < -0.4 is 5.32 Å². The van der Waals surface area contributed by atoms with E-state index in [1.54, 1.807) is 0 Å². The van der Waals surface area contributed by atoms with Gasteiger partial charge in [-0.1, -0.05) is 12.5 Å². The van der Waals surface area contributed by atoms with Crippen molar-refractivity contribution in [3.63, 3.8) is 0 Å². The molecule has 1 aliphatic rings. The van der Waals surface area contributed by atoms with E-state index in [0.717, 1.165) is 23.9 Å². The third-order valence-electron chi connectivity index (χ3n) is 3.09. The first-order valence-electron chi connectivity index (χ1n) is 5.58. The molecule has 3 rings (SSSR count). The first-order chi connectivity index (χ1) is 7.42. The number of hydrogen-bond acceptors (Lipinski definition) is 2. The van der Waals surface area contributed by atoms with Crippen LogP contribution in [0.15, 0.2) is 30.6 Å². The van der Waals surface area contributed by atoms with Gasteiger partial charge in [0.15, 0.2) is 0 Å². The summed E-state index contributed by atoms with van der Waals surface area (Å²) in [6.45, 7) is 0.895. The summed E-state index contributed by atoms with van der Waals surface area (Å²) in [5.74, 6) is 0. The lowest BCUT2D eigenvalue weighted by molar-refractivity contribution is 0.337. The molecule has 1 N–H and O–H groups in total. The van der Waals surface area contributed by atoms with Crippen LogP contribution in [0, 0.1) is 0 Å². The molecule has 2 aromatic heterocycles. The fraction of sp³-hybridized carbons (Fsp3) is 0.417. The molecule has 1 fully saturated rings. The maximum Gasteiger partial charge on any atom is 0.137 e. The number of fused-ring (bicyclic) bond motifs is 1. The first kappa shape index (κ1) is 8.92. The van der Waals surface area contributed by atoms with E-state index in [1.807, 2.05) is 24.4 Å². The summed E-state index contributed by atoms with van der Waals surface area (Å²) < 4.78 is 2.07. The maximum atomic E-state index is 4.54. The van der Waals surface area contributed by atoms with Crippen LogP contribution in [-0.2, 0) is 6.54 Å². The topological polar surface area (TPSA) is 29.3 Å². The predicted molar refractivity (Wildman–Crippen MR) is 59.7 cm³/mol. The zero-order valence-electron chi connectivity index (χ0n) is 8.69. The van der Waals surface area contributed by atoms with Crippen molar-refractivity contribution >= 4 is 5.65 Å². The molecular formula is C12H15N3. The van der Waals surface area contributed by atoms with Gasteiger partial charge in [0.2, 0.25) is 0 Å². The molecule has 2 heterocycles. The van der Waals surface area contributed by atoms with E-state index in [1.165, 1.54) is 19.3 Å². The molecule has 0 aromatic carbocycles. The Morgan fingerprint density at radius 3 is 3.07 bits per heavy atom. The lowest BCUT2D eigenvalue weighted by Crippen LogP contribution is -2.34. The van der Waals surface area contributed by atoms with Crippen molar-refractivity contribution in [2.75, 3.05) is 0 Å². The van der Waals surface area contributed by atoms with Crippen LogP contribution in [0.1, 0.15) is 25.0 Å². The van der Waals surface area contributed by atoms with Gasteiger partial charge in [-0.05, 0) is 25.0 Å². The molecule has 15 heavy (non-hydrogen) atoms. The van der Waals surface area contributed by atoms with E-state index >= 15 is 0 Å². The van der Waals surface area contributed by atoms with E-state index in [9.17, 15) is 0 Å². The minimum absolute atomic E-state index is 0.731. The number of rotatable bonds is 3. The predicted octanol–water partition coefficient (Wildman–Crippen LogP) is 1.98. The van der Waals surface area contributed by atoms with E-state index in [2.05, 4.69) is 20.9 Å². The van der Waals surface area contributed by atoms with Crippen LogP contribution in [0.25, 0.3) is 5.65 Å². The lowest BCUT2D eigenvalue weighted by Gasteiger charge is -2.26. The van der Waals surface area contributed by atoms with Crippen molar-refractivity contribution in [3.05, 3.63) is 36.3 Å². The number of imidazole rings is 1. The van der Waals surface area contributed by atoms with Gasteiger partial charge in [-0.25, -0.2) is 4.98 Å². The molecule has 0 radical (unpaired) electrons. The third kappa shape index (κ3) is 1.75. The average molecular weight is 201 g/mol.